The quantitative estimate of drug-likeness (QED) is 0.589. The lowest BCUT2D eigenvalue weighted by atomic mass is 10.0. The molecule has 0 saturated carbocycles. The molecule has 0 aliphatic carbocycles. The van der Waals surface area contributed by atoms with Gasteiger partial charge < -0.3 is 4.74 Å². The minimum Gasteiger partial charge on any atom is -0.367 e. The van der Waals surface area contributed by atoms with Crippen LogP contribution in [0, 0.1) is 13.8 Å². The highest BCUT2D eigenvalue weighted by atomic mass is 19.3. The van der Waals surface area contributed by atoms with Crippen LogP contribution < -0.4 is 0 Å². The highest BCUT2D eigenvalue weighted by Crippen LogP contribution is 2.23. The normalized spacial score (nSPS) is 11.9. The van der Waals surface area contributed by atoms with Gasteiger partial charge >= 0.3 is 12.3 Å². The third-order valence-corrected chi connectivity index (χ3v) is 2.54. The van der Waals surface area contributed by atoms with E-state index in [1.165, 1.54) is 0 Å². The van der Waals surface area contributed by atoms with E-state index in [0.717, 1.165) is 5.56 Å². The number of rotatable bonds is 6. The summed E-state index contributed by atoms with van der Waals surface area (Å²) in [6.45, 7) is 1.36. The molecule has 0 amide bonds. The number of alkyl halides is 4. The van der Waals surface area contributed by atoms with Crippen molar-refractivity contribution in [1.82, 2.24) is 0 Å². The number of hydrogen-bond donors (Lipinski definition) is 0. The van der Waals surface area contributed by atoms with E-state index in [1.807, 2.05) is 0 Å². The van der Waals surface area contributed by atoms with Gasteiger partial charge in [-0.25, -0.2) is 8.78 Å². The molecule has 19 heavy (non-hydrogen) atoms. The summed E-state index contributed by atoms with van der Waals surface area (Å²) in [4.78, 5) is 11.7. The van der Waals surface area contributed by atoms with Gasteiger partial charge in [-0.2, -0.15) is 8.78 Å². The van der Waals surface area contributed by atoms with Crippen LogP contribution in [0.1, 0.15) is 21.5 Å². The van der Waals surface area contributed by atoms with Crippen LogP contribution >= 0.6 is 0 Å². The highest BCUT2D eigenvalue weighted by Gasteiger charge is 2.41. The van der Waals surface area contributed by atoms with Gasteiger partial charge in [0.15, 0.2) is 5.78 Å². The van der Waals surface area contributed by atoms with E-state index in [9.17, 15) is 22.4 Å². The standard InChI is InChI=1S/C13H14F4O2/c1-8-3-4-9(2)10(5-8)11(18)6-19-7-13(16,17)12(14)15/h3-5,12H,6-7H2,1-2H3. The molecule has 0 radical (unpaired) electrons. The SMILES string of the molecule is Cc1ccc(C)c(C(=O)COCC(F)(F)C(F)F)c1. The molecule has 0 atom stereocenters. The number of hydrogen-bond acceptors (Lipinski definition) is 2. The molecule has 1 aromatic carbocycles. The van der Waals surface area contributed by atoms with E-state index in [4.69, 9.17) is 0 Å². The Morgan fingerprint density at radius 2 is 1.95 bits per heavy atom. The maximum atomic E-state index is 12.6. The average molecular weight is 278 g/mol. The van der Waals surface area contributed by atoms with Crippen molar-refractivity contribution in [3.63, 3.8) is 0 Å². The Bertz CT molecular complexity index is 458. The van der Waals surface area contributed by atoms with Crippen LogP contribution in [0.15, 0.2) is 18.2 Å². The zero-order valence-corrected chi connectivity index (χ0v) is 10.6. The molecular formula is C13H14F4O2. The molecule has 0 aromatic heterocycles. The van der Waals surface area contributed by atoms with E-state index in [2.05, 4.69) is 4.74 Å². The topological polar surface area (TPSA) is 26.3 Å². The first-order valence-electron chi connectivity index (χ1n) is 5.58. The van der Waals surface area contributed by atoms with Gasteiger partial charge in [0.05, 0.1) is 0 Å². The summed E-state index contributed by atoms with van der Waals surface area (Å²) in [7, 11) is 0. The van der Waals surface area contributed by atoms with E-state index in [-0.39, 0.29) is 0 Å². The summed E-state index contributed by atoms with van der Waals surface area (Å²) in [6.07, 6.45) is -3.80. The van der Waals surface area contributed by atoms with Crippen molar-refractivity contribution in [2.24, 2.45) is 0 Å². The lowest BCUT2D eigenvalue weighted by molar-refractivity contribution is -0.163. The fourth-order valence-electron chi connectivity index (χ4n) is 1.46. The van der Waals surface area contributed by atoms with Crippen LogP contribution in [0.25, 0.3) is 0 Å². The van der Waals surface area contributed by atoms with E-state index in [0.29, 0.717) is 11.1 Å². The van der Waals surface area contributed by atoms with E-state index >= 15 is 0 Å². The second-order valence-corrected chi connectivity index (χ2v) is 4.30. The smallest absolute Gasteiger partial charge is 0.330 e. The predicted molar refractivity (Wildman–Crippen MR) is 62.0 cm³/mol. The lowest BCUT2D eigenvalue weighted by Crippen LogP contribution is -2.33. The number of carbonyl (C=O) groups is 1. The monoisotopic (exact) mass is 278 g/mol. The minimum atomic E-state index is -4.23. The molecule has 0 bridgehead atoms. The molecule has 0 aliphatic heterocycles. The molecule has 0 aliphatic rings. The summed E-state index contributed by atoms with van der Waals surface area (Å²) >= 11 is 0. The Morgan fingerprint density at radius 1 is 1.32 bits per heavy atom. The van der Waals surface area contributed by atoms with Crippen LogP contribution in [0.2, 0.25) is 0 Å². The lowest BCUT2D eigenvalue weighted by Gasteiger charge is -2.15. The van der Waals surface area contributed by atoms with Gasteiger partial charge in [-0.05, 0) is 25.5 Å². The van der Waals surface area contributed by atoms with E-state index < -0.39 is 31.3 Å². The minimum absolute atomic E-state index is 0.348. The third-order valence-electron chi connectivity index (χ3n) is 2.54. The molecule has 0 heterocycles. The Morgan fingerprint density at radius 3 is 2.53 bits per heavy atom. The molecular weight excluding hydrogens is 264 g/mol. The van der Waals surface area contributed by atoms with Gasteiger partial charge in [-0.1, -0.05) is 17.7 Å². The number of halogens is 4. The van der Waals surface area contributed by atoms with Crippen molar-refractivity contribution < 1.29 is 27.1 Å². The predicted octanol–water partition coefficient (Wildman–Crippen LogP) is 3.40. The number of Topliss-reactive ketones (excluding diaryl/α,β-unsaturated/α-hetero) is 1. The Labute approximate surface area is 108 Å². The van der Waals surface area contributed by atoms with Crippen LogP contribution in [-0.2, 0) is 4.74 Å². The van der Waals surface area contributed by atoms with Crippen molar-refractivity contribution >= 4 is 5.78 Å². The van der Waals surface area contributed by atoms with Crippen molar-refractivity contribution in [3.05, 3.63) is 34.9 Å². The first-order valence-corrected chi connectivity index (χ1v) is 5.58. The number of benzene rings is 1. The molecule has 0 saturated heterocycles. The number of ketones is 1. The molecule has 0 N–H and O–H groups in total. The summed E-state index contributed by atoms with van der Waals surface area (Å²) in [5, 5.41) is 0. The van der Waals surface area contributed by atoms with Gasteiger partial charge in [0.25, 0.3) is 0 Å². The maximum absolute atomic E-state index is 12.6. The number of aryl methyl sites for hydroxylation is 2. The summed E-state index contributed by atoms with van der Waals surface area (Å²) in [6, 6.07) is 5.13. The van der Waals surface area contributed by atoms with Gasteiger partial charge in [0, 0.05) is 5.56 Å². The molecule has 0 unspecified atom stereocenters. The van der Waals surface area contributed by atoms with Crippen LogP contribution in [-0.4, -0.2) is 31.3 Å². The zero-order chi connectivity index (χ0) is 14.6. The fraction of sp³-hybridized carbons (Fsp3) is 0.462. The first-order chi connectivity index (χ1) is 8.74. The first kappa shape index (κ1) is 15.6. The Balaban J connectivity index is 2.59. The molecule has 1 aromatic rings. The Hall–Kier alpha value is -1.43. The molecule has 0 spiro atoms. The molecule has 6 heteroatoms. The molecule has 0 fully saturated rings. The number of carbonyl (C=O) groups excluding carboxylic acids is 1. The summed E-state index contributed by atoms with van der Waals surface area (Å²) in [5.41, 5.74) is 1.87. The maximum Gasteiger partial charge on any atom is 0.330 e. The fourth-order valence-corrected chi connectivity index (χ4v) is 1.46. The van der Waals surface area contributed by atoms with Crippen LogP contribution in [0.3, 0.4) is 0 Å². The van der Waals surface area contributed by atoms with Crippen LogP contribution in [0.5, 0.6) is 0 Å². The van der Waals surface area contributed by atoms with Crippen molar-refractivity contribution in [2.75, 3.05) is 13.2 Å². The third kappa shape index (κ3) is 4.31. The summed E-state index contributed by atoms with van der Waals surface area (Å²) < 4.78 is 53.2. The Kier molecular flexibility index (Phi) is 5.05. The largest absolute Gasteiger partial charge is 0.367 e. The van der Waals surface area contributed by atoms with Gasteiger partial charge in [0.2, 0.25) is 0 Å². The van der Waals surface area contributed by atoms with Gasteiger partial charge in [-0.3, -0.25) is 4.79 Å². The average Bonchev–Trinajstić information content (AvgIpc) is 2.31. The van der Waals surface area contributed by atoms with E-state index in [1.54, 1.807) is 32.0 Å². The summed E-state index contributed by atoms with van der Waals surface area (Å²) in [5.74, 6) is -4.74. The molecule has 2 nitrogen and oxygen atoms in total. The van der Waals surface area contributed by atoms with Crippen molar-refractivity contribution in [1.29, 1.82) is 0 Å². The highest BCUT2D eigenvalue weighted by molar-refractivity contribution is 5.98. The van der Waals surface area contributed by atoms with Gasteiger partial charge in [-0.15, -0.1) is 0 Å². The molecule has 106 valence electrons. The van der Waals surface area contributed by atoms with Gasteiger partial charge in [0.1, 0.15) is 13.2 Å². The zero-order valence-electron chi connectivity index (χ0n) is 10.6. The molecule has 1 rings (SSSR count). The second kappa shape index (κ2) is 6.14. The van der Waals surface area contributed by atoms with Crippen molar-refractivity contribution in [3.8, 4) is 0 Å². The van der Waals surface area contributed by atoms with Crippen LogP contribution in [0.4, 0.5) is 17.6 Å². The number of ether oxygens (including phenoxy) is 1. The second-order valence-electron chi connectivity index (χ2n) is 4.30. The van der Waals surface area contributed by atoms with Crippen molar-refractivity contribution in [2.45, 2.75) is 26.2 Å².